The van der Waals surface area contributed by atoms with E-state index in [2.05, 4.69) is 11.8 Å². The lowest BCUT2D eigenvalue weighted by Gasteiger charge is -2.11. The standard InChI is InChI=1S/C9H16O4/c1-3-5-9(11)13-7-8(10)6-12-4-2/h8-11H,4,6-7H2,1-2H3. The summed E-state index contributed by atoms with van der Waals surface area (Å²) in [6.45, 7) is 4.22. The highest BCUT2D eigenvalue weighted by molar-refractivity contribution is 4.97. The zero-order chi connectivity index (χ0) is 10.1. The van der Waals surface area contributed by atoms with E-state index in [1.165, 1.54) is 0 Å². The summed E-state index contributed by atoms with van der Waals surface area (Å²) in [4.78, 5) is 0. The van der Waals surface area contributed by atoms with Crippen LogP contribution < -0.4 is 0 Å². The lowest BCUT2D eigenvalue weighted by molar-refractivity contribution is -0.0982. The van der Waals surface area contributed by atoms with Crippen LogP contribution in [0.4, 0.5) is 0 Å². The Kier molecular flexibility index (Phi) is 7.65. The van der Waals surface area contributed by atoms with Gasteiger partial charge in [-0.05, 0) is 19.8 Å². The van der Waals surface area contributed by atoms with Crippen LogP contribution >= 0.6 is 0 Å². The molecule has 4 heteroatoms. The fourth-order valence-electron chi connectivity index (χ4n) is 0.669. The molecule has 0 saturated carbocycles. The molecule has 0 fully saturated rings. The van der Waals surface area contributed by atoms with Crippen molar-refractivity contribution >= 4 is 0 Å². The predicted octanol–water partition coefficient (Wildman–Crippen LogP) is -0.258. The number of aliphatic hydroxyl groups excluding tert-OH is 2. The zero-order valence-corrected chi connectivity index (χ0v) is 7.99. The van der Waals surface area contributed by atoms with Crippen LogP contribution in [0.2, 0.25) is 0 Å². The van der Waals surface area contributed by atoms with Crippen LogP contribution in [0, 0.1) is 11.8 Å². The van der Waals surface area contributed by atoms with Gasteiger partial charge in [0, 0.05) is 6.61 Å². The Morgan fingerprint density at radius 2 is 2.00 bits per heavy atom. The maximum Gasteiger partial charge on any atom is 0.220 e. The quantitative estimate of drug-likeness (QED) is 0.445. The number of rotatable bonds is 6. The molecule has 0 aromatic rings. The third kappa shape index (κ3) is 7.75. The van der Waals surface area contributed by atoms with Crippen molar-refractivity contribution in [1.82, 2.24) is 0 Å². The molecule has 0 rings (SSSR count). The average Bonchev–Trinajstić information content (AvgIpc) is 2.12. The van der Waals surface area contributed by atoms with Gasteiger partial charge in [-0.1, -0.05) is 0 Å². The number of aliphatic hydroxyl groups is 2. The normalized spacial score (nSPS) is 14.5. The first-order valence-corrected chi connectivity index (χ1v) is 4.18. The summed E-state index contributed by atoms with van der Waals surface area (Å²) in [7, 11) is 0. The molecule has 0 aliphatic rings. The molecule has 0 spiro atoms. The van der Waals surface area contributed by atoms with Gasteiger partial charge in [0.25, 0.3) is 0 Å². The van der Waals surface area contributed by atoms with E-state index in [1.807, 2.05) is 6.92 Å². The van der Waals surface area contributed by atoms with Gasteiger partial charge in [-0.2, -0.15) is 0 Å². The Morgan fingerprint density at radius 1 is 1.31 bits per heavy atom. The molecule has 0 aliphatic heterocycles. The second-order valence-corrected chi connectivity index (χ2v) is 2.39. The van der Waals surface area contributed by atoms with Crippen molar-refractivity contribution in [2.75, 3.05) is 19.8 Å². The smallest absolute Gasteiger partial charge is 0.220 e. The molecular weight excluding hydrogens is 172 g/mol. The Bertz CT molecular complexity index is 170. The van der Waals surface area contributed by atoms with E-state index in [0.29, 0.717) is 6.61 Å². The summed E-state index contributed by atoms with van der Waals surface area (Å²) in [5.41, 5.74) is 0. The topological polar surface area (TPSA) is 58.9 Å². The third-order valence-corrected chi connectivity index (χ3v) is 1.23. The van der Waals surface area contributed by atoms with Crippen LogP contribution in [0.5, 0.6) is 0 Å². The maximum atomic E-state index is 9.19. The number of hydrogen-bond acceptors (Lipinski definition) is 4. The van der Waals surface area contributed by atoms with Crippen LogP contribution in [0.15, 0.2) is 0 Å². The van der Waals surface area contributed by atoms with Crippen LogP contribution in [0.25, 0.3) is 0 Å². The van der Waals surface area contributed by atoms with Crippen LogP contribution in [0.1, 0.15) is 13.8 Å². The average molecular weight is 188 g/mol. The van der Waals surface area contributed by atoms with Crippen molar-refractivity contribution in [3.63, 3.8) is 0 Å². The van der Waals surface area contributed by atoms with Crippen LogP contribution in [0.3, 0.4) is 0 Å². The first kappa shape index (κ1) is 12.4. The molecule has 0 bridgehead atoms. The van der Waals surface area contributed by atoms with Gasteiger partial charge in [-0.25, -0.2) is 0 Å². The molecule has 0 saturated heterocycles. The van der Waals surface area contributed by atoms with E-state index in [0.717, 1.165) is 0 Å². The monoisotopic (exact) mass is 188 g/mol. The molecule has 2 N–H and O–H groups in total. The molecule has 2 unspecified atom stereocenters. The molecule has 76 valence electrons. The number of ether oxygens (including phenoxy) is 2. The van der Waals surface area contributed by atoms with Crippen LogP contribution in [-0.4, -0.2) is 42.4 Å². The molecule has 0 aromatic carbocycles. The van der Waals surface area contributed by atoms with Crippen molar-refractivity contribution in [2.24, 2.45) is 0 Å². The van der Waals surface area contributed by atoms with Gasteiger partial charge in [0.05, 0.1) is 13.2 Å². The molecule has 0 radical (unpaired) electrons. The van der Waals surface area contributed by atoms with Gasteiger partial charge in [-0.15, -0.1) is 5.92 Å². The highest BCUT2D eigenvalue weighted by atomic mass is 16.6. The molecule has 0 aliphatic carbocycles. The minimum absolute atomic E-state index is 0.0237. The molecule has 13 heavy (non-hydrogen) atoms. The van der Waals surface area contributed by atoms with E-state index in [-0.39, 0.29) is 13.2 Å². The molecule has 2 atom stereocenters. The summed E-state index contributed by atoms with van der Waals surface area (Å²) in [5.74, 6) is 4.88. The molecular formula is C9H16O4. The zero-order valence-electron chi connectivity index (χ0n) is 7.99. The minimum atomic E-state index is -1.12. The van der Waals surface area contributed by atoms with E-state index in [1.54, 1.807) is 6.92 Å². The molecule has 0 aromatic heterocycles. The highest BCUT2D eigenvalue weighted by Gasteiger charge is 2.06. The first-order valence-electron chi connectivity index (χ1n) is 4.18. The van der Waals surface area contributed by atoms with E-state index < -0.39 is 12.4 Å². The number of hydrogen-bond donors (Lipinski definition) is 2. The van der Waals surface area contributed by atoms with E-state index in [4.69, 9.17) is 14.6 Å². The highest BCUT2D eigenvalue weighted by Crippen LogP contribution is 1.91. The van der Waals surface area contributed by atoms with Gasteiger partial charge >= 0.3 is 0 Å². The Balaban J connectivity index is 3.43. The summed E-state index contributed by atoms with van der Waals surface area (Å²) in [6.07, 6.45) is -1.84. The third-order valence-electron chi connectivity index (χ3n) is 1.23. The molecule has 4 nitrogen and oxygen atoms in total. The van der Waals surface area contributed by atoms with Gasteiger partial charge in [0.1, 0.15) is 6.10 Å². The van der Waals surface area contributed by atoms with Crippen molar-refractivity contribution in [3.05, 3.63) is 0 Å². The van der Waals surface area contributed by atoms with Gasteiger partial charge in [0.2, 0.25) is 6.29 Å². The fraction of sp³-hybridized carbons (Fsp3) is 0.778. The SMILES string of the molecule is CC#CC(O)OCC(O)COCC. The molecule has 0 heterocycles. The lowest BCUT2D eigenvalue weighted by Crippen LogP contribution is -2.25. The summed E-state index contributed by atoms with van der Waals surface area (Å²) in [5, 5.41) is 18.2. The van der Waals surface area contributed by atoms with E-state index in [9.17, 15) is 5.11 Å². The van der Waals surface area contributed by atoms with Crippen molar-refractivity contribution in [1.29, 1.82) is 0 Å². The Labute approximate surface area is 78.5 Å². The van der Waals surface area contributed by atoms with Crippen molar-refractivity contribution in [2.45, 2.75) is 26.2 Å². The van der Waals surface area contributed by atoms with Gasteiger partial charge in [0.15, 0.2) is 0 Å². The fourth-order valence-corrected chi connectivity index (χ4v) is 0.669. The predicted molar refractivity (Wildman–Crippen MR) is 47.9 cm³/mol. The Hall–Kier alpha value is -0.600. The van der Waals surface area contributed by atoms with Gasteiger partial charge in [-0.3, -0.25) is 0 Å². The lowest BCUT2D eigenvalue weighted by atomic mass is 10.4. The van der Waals surface area contributed by atoms with E-state index >= 15 is 0 Å². The summed E-state index contributed by atoms with van der Waals surface area (Å²) >= 11 is 0. The van der Waals surface area contributed by atoms with Crippen molar-refractivity contribution < 1.29 is 19.7 Å². The summed E-state index contributed by atoms with van der Waals surface area (Å²) < 4.78 is 9.73. The largest absolute Gasteiger partial charge is 0.388 e. The Morgan fingerprint density at radius 3 is 2.54 bits per heavy atom. The second kappa shape index (κ2) is 8.02. The van der Waals surface area contributed by atoms with Gasteiger partial charge < -0.3 is 19.7 Å². The first-order chi connectivity index (χ1) is 6.20. The maximum absolute atomic E-state index is 9.19. The summed E-state index contributed by atoms with van der Waals surface area (Å²) in [6, 6.07) is 0. The second-order valence-electron chi connectivity index (χ2n) is 2.39. The minimum Gasteiger partial charge on any atom is -0.388 e. The van der Waals surface area contributed by atoms with Crippen molar-refractivity contribution in [3.8, 4) is 11.8 Å². The molecule has 0 amide bonds. The van der Waals surface area contributed by atoms with Crippen LogP contribution in [-0.2, 0) is 9.47 Å².